The average molecular weight is 288 g/mol. The number of nitrogens with one attached hydrogen (secondary N) is 1. The van der Waals surface area contributed by atoms with Gasteiger partial charge in [0, 0.05) is 30.4 Å². The van der Waals surface area contributed by atoms with Gasteiger partial charge in [0.2, 0.25) is 0 Å². The Bertz CT molecular complexity index is 699. The van der Waals surface area contributed by atoms with Crippen molar-refractivity contribution in [3.8, 4) is 0 Å². The highest BCUT2D eigenvalue weighted by Gasteiger charge is 2.28. The zero-order valence-corrected chi connectivity index (χ0v) is 13.0. The molecule has 3 N–H and O–H groups in total. The number of likely N-dealkylation sites (tertiary alicyclic amines) is 1. The third kappa shape index (κ3) is 2.58. The SMILES string of the molecule is CC(C)(C)N1CCC(n2c(=O)[nH]c3cc(N)ccc32)CC1. The fourth-order valence-electron chi connectivity index (χ4n) is 3.31. The lowest BCUT2D eigenvalue weighted by atomic mass is 9.98. The number of nitrogens with two attached hydrogens (primary N) is 1. The predicted octanol–water partition coefficient (Wildman–Crippen LogP) is 2.35. The number of nitrogens with zero attached hydrogens (tertiary/aromatic N) is 2. The number of nitrogen functional groups attached to an aromatic ring is 1. The van der Waals surface area contributed by atoms with Crippen LogP contribution in [0.3, 0.4) is 0 Å². The number of piperidine rings is 1. The molecule has 1 saturated heterocycles. The second kappa shape index (κ2) is 4.91. The van der Waals surface area contributed by atoms with Crippen LogP contribution in [0, 0.1) is 0 Å². The van der Waals surface area contributed by atoms with E-state index >= 15 is 0 Å². The summed E-state index contributed by atoms with van der Waals surface area (Å²) in [5.41, 5.74) is 8.44. The number of aromatic amines is 1. The normalized spacial score (nSPS) is 18.4. The Morgan fingerprint density at radius 3 is 2.52 bits per heavy atom. The Balaban J connectivity index is 1.89. The summed E-state index contributed by atoms with van der Waals surface area (Å²) in [4.78, 5) is 17.7. The zero-order chi connectivity index (χ0) is 15.2. The molecule has 2 aromatic rings. The van der Waals surface area contributed by atoms with Crippen molar-refractivity contribution in [1.82, 2.24) is 14.5 Å². The first kappa shape index (κ1) is 14.2. The lowest BCUT2D eigenvalue weighted by molar-refractivity contribution is 0.0900. The third-order valence-corrected chi connectivity index (χ3v) is 4.52. The van der Waals surface area contributed by atoms with E-state index in [1.165, 1.54) is 0 Å². The highest BCUT2D eigenvalue weighted by Crippen LogP contribution is 2.28. The molecule has 0 saturated carbocycles. The quantitative estimate of drug-likeness (QED) is 0.792. The summed E-state index contributed by atoms with van der Waals surface area (Å²) in [5.74, 6) is 0. The Morgan fingerprint density at radius 1 is 1.24 bits per heavy atom. The smallest absolute Gasteiger partial charge is 0.326 e. The van der Waals surface area contributed by atoms with Gasteiger partial charge in [-0.1, -0.05) is 0 Å². The molecule has 1 aromatic carbocycles. The maximum atomic E-state index is 12.3. The summed E-state index contributed by atoms with van der Waals surface area (Å²) < 4.78 is 1.91. The first-order valence-electron chi connectivity index (χ1n) is 7.61. The molecule has 0 amide bonds. The lowest BCUT2D eigenvalue weighted by Gasteiger charge is -2.41. The highest BCUT2D eigenvalue weighted by molar-refractivity contribution is 5.79. The molecule has 114 valence electrons. The van der Waals surface area contributed by atoms with Crippen molar-refractivity contribution >= 4 is 16.7 Å². The molecule has 1 fully saturated rings. The Hall–Kier alpha value is -1.75. The second-order valence-electron chi connectivity index (χ2n) is 6.97. The molecule has 0 radical (unpaired) electrons. The van der Waals surface area contributed by atoms with Crippen LogP contribution in [0.25, 0.3) is 11.0 Å². The van der Waals surface area contributed by atoms with Crippen LogP contribution in [0.1, 0.15) is 39.7 Å². The topological polar surface area (TPSA) is 67.0 Å². The monoisotopic (exact) mass is 288 g/mol. The number of hydrogen-bond donors (Lipinski definition) is 2. The molecule has 3 rings (SSSR count). The van der Waals surface area contributed by atoms with E-state index in [-0.39, 0.29) is 17.3 Å². The van der Waals surface area contributed by atoms with E-state index in [9.17, 15) is 4.79 Å². The lowest BCUT2D eigenvalue weighted by Crippen LogP contribution is -2.47. The predicted molar refractivity (Wildman–Crippen MR) is 86.6 cm³/mol. The first-order valence-corrected chi connectivity index (χ1v) is 7.61. The van der Waals surface area contributed by atoms with E-state index in [0.29, 0.717) is 5.69 Å². The molecule has 0 bridgehead atoms. The van der Waals surface area contributed by atoms with Crippen molar-refractivity contribution < 1.29 is 0 Å². The van der Waals surface area contributed by atoms with E-state index in [1.54, 1.807) is 0 Å². The average Bonchev–Trinajstić information content (AvgIpc) is 2.73. The molecular formula is C16H24N4O. The minimum absolute atomic E-state index is 0.0233. The number of anilines is 1. The largest absolute Gasteiger partial charge is 0.399 e. The Kier molecular flexibility index (Phi) is 3.32. The van der Waals surface area contributed by atoms with Crippen molar-refractivity contribution in [3.05, 3.63) is 28.7 Å². The molecular weight excluding hydrogens is 264 g/mol. The third-order valence-electron chi connectivity index (χ3n) is 4.52. The molecule has 1 aliphatic heterocycles. The molecule has 2 heterocycles. The van der Waals surface area contributed by atoms with Gasteiger partial charge in [-0.25, -0.2) is 4.79 Å². The summed E-state index contributed by atoms with van der Waals surface area (Å²) in [6.07, 6.45) is 2.02. The first-order chi connectivity index (χ1) is 9.86. The van der Waals surface area contributed by atoms with Crippen LogP contribution in [-0.2, 0) is 0 Å². The van der Waals surface area contributed by atoms with Gasteiger partial charge < -0.3 is 10.7 Å². The summed E-state index contributed by atoms with van der Waals surface area (Å²) >= 11 is 0. The van der Waals surface area contributed by atoms with Crippen molar-refractivity contribution in [2.45, 2.75) is 45.2 Å². The van der Waals surface area contributed by atoms with Crippen LogP contribution in [0.5, 0.6) is 0 Å². The van der Waals surface area contributed by atoms with Crippen LogP contribution in [0.2, 0.25) is 0 Å². The van der Waals surface area contributed by atoms with E-state index in [4.69, 9.17) is 5.73 Å². The number of hydrogen-bond acceptors (Lipinski definition) is 3. The molecule has 0 atom stereocenters. The van der Waals surface area contributed by atoms with Crippen LogP contribution in [0.4, 0.5) is 5.69 Å². The van der Waals surface area contributed by atoms with Gasteiger partial charge in [0.15, 0.2) is 0 Å². The molecule has 0 spiro atoms. The van der Waals surface area contributed by atoms with Gasteiger partial charge in [-0.15, -0.1) is 0 Å². The van der Waals surface area contributed by atoms with Gasteiger partial charge in [0.05, 0.1) is 11.0 Å². The fraction of sp³-hybridized carbons (Fsp3) is 0.562. The van der Waals surface area contributed by atoms with Crippen molar-refractivity contribution in [2.24, 2.45) is 0 Å². The van der Waals surface area contributed by atoms with Gasteiger partial charge in [-0.2, -0.15) is 0 Å². The molecule has 21 heavy (non-hydrogen) atoms. The minimum atomic E-state index is -0.0233. The summed E-state index contributed by atoms with van der Waals surface area (Å²) in [6, 6.07) is 5.90. The maximum absolute atomic E-state index is 12.3. The molecule has 0 unspecified atom stereocenters. The number of fused-ring (bicyclic) bond motifs is 1. The summed E-state index contributed by atoms with van der Waals surface area (Å²) in [6.45, 7) is 8.79. The Labute approximate surface area is 124 Å². The van der Waals surface area contributed by atoms with E-state index in [2.05, 4.69) is 30.7 Å². The standard InChI is InChI=1S/C16H24N4O/c1-16(2,3)19-8-6-12(7-9-19)20-14-5-4-11(17)10-13(14)18-15(20)21/h4-5,10,12H,6-9,17H2,1-3H3,(H,18,21). The second-order valence-corrected chi connectivity index (χ2v) is 6.97. The fourth-order valence-corrected chi connectivity index (χ4v) is 3.31. The number of aromatic nitrogens is 2. The molecule has 5 heteroatoms. The van der Waals surface area contributed by atoms with Gasteiger partial charge >= 0.3 is 5.69 Å². The molecule has 1 aliphatic rings. The van der Waals surface area contributed by atoms with Gasteiger partial charge in [-0.3, -0.25) is 9.47 Å². The zero-order valence-electron chi connectivity index (χ0n) is 13.0. The summed E-state index contributed by atoms with van der Waals surface area (Å²) in [7, 11) is 0. The van der Waals surface area contributed by atoms with Crippen molar-refractivity contribution in [3.63, 3.8) is 0 Å². The minimum Gasteiger partial charge on any atom is -0.399 e. The van der Waals surface area contributed by atoms with Crippen LogP contribution < -0.4 is 11.4 Å². The molecule has 0 aliphatic carbocycles. The van der Waals surface area contributed by atoms with Crippen LogP contribution in [0.15, 0.2) is 23.0 Å². The van der Waals surface area contributed by atoms with Crippen LogP contribution in [-0.4, -0.2) is 33.1 Å². The van der Waals surface area contributed by atoms with E-state index in [0.717, 1.165) is 37.0 Å². The number of imidazole rings is 1. The van der Waals surface area contributed by atoms with E-state index < -0.39 is 0 Å². The maximum Gasteiger partial charge on any atom is 0.326 e. The number of rotatable bonds is 1. The van der Waals surface area contributed by atoms with Crippen molar-refractivity contribution in [2.75, 3.05) is 18.8 Å². The molecule has 1 aromatic heterocycles. The molecule has 5 nitrogen and oxygen atoms in total. The van der Waals surface area contributed by atoms with E-state index in [1.807, 2.05) is 22.8 Å². The summed E-state index contributed by atoms with van der Waals surface area (Å²) in [5, 5.41) is 0. The number of H-pyrrole nitrogens is 1. The Morgan fingerprint density at radius 2 is 1.90 bits per heavy atom. The number of benzene rings is 1. The van der Waals surface area contributed by atoms with Crippen molar-refractivity contribution in [1.29, 1.82) is 0 Å². The van der Waals surface area contributed by atoms with Gasteiger partial charge in [0.1, 0.15) is 0 Å². The van der Waals surface area contributed by atoms with Crippen LogP contribution >= 0.6 is 0 Å². The highest BCUT2D eigenvalue weighted by atomic mass is 16.1. The van der Waals surface area contributed by atoms with Gasteiger partial charge in [0.25, 0.3) is 0 Å². The van der Waals surface area contributed by atoms with Gasteiger partial charge in [-0.05, 0) is 51.8 Å².